The molecule has 0 spiro atoms. The molecule has 0 saturated heterocycles. The predicted molar refractivity (Wildman–Crippen MR) is 115 cm³/mol. The number of carbonyl (C=O) groups excluding carboxylic acids is 1. The molecule has 0 aliphatic carbocycles. The molecular formula is C23H21F3N4O3. The Hall–Kier alpha value is -3.82. The number of alkyl halides is 3. The average molecular weight is 458 g/mol. The third kappa shape index (κ3) is 5.00. The van der Waals surface area contributed by atoms with Crippen LogP contribution in [0.4, 0.5) is 19.0 Å². The van der Waals surface area contributed by atoms with E-state index < -0.39 is 23.8 Å². The van der Waals surface area contributed by atoms with Crippen LogP contribution < -0.4 is 10.1 Å². The Morgan fingerprint density at radius 2 is 2.00 bits per heavy atom. The smallest absolute Gasteiger partial charge is 0.416 e. The highest BCUT2D eigenvalue weighted by molar-refractivity contribution is 6.07. The molecule has 2 heterocycles. The highest BCUT2D eigenvalue weighted by atomic mass is 19.4. The maximum Gasteiger partial charge on any atom is 0.416 e. The number of nitrogens with one attached hydrogen (secondary N) is 1. The number of carbonyl (C=O) groups is 1. The quantitative estimate of drug-likeness (QED) is 0.594. The van der Waals surface area contributed by atoms with E-state index in [4.69, 9.17) is 9.57 Å². The van der Waals surface area contributed by atoms with Crippen molar-refractivity contribution in [1.29, 1.82) is 0 Å². The fraction of sp³-hybridized carbons (Fsp3) is 0.261. The van der Waals surface area contributed by atoms with E-state index in [-0.39, 0.29) is 18.8 Å². The Balaban J connectivity index is 1.41. The van der Waals surface area contributed by atoms with Crippen molar-refractivity contribution in [2.45, 2.75) is 32.2 Å². The van der Waals surface area contributed by atoms with Gasteiger partial charge in [-0.05, 0) is 36.8 Å². The number of aryl methyl sites for hydroxylation is 1. The van der Waals surface area contributed by atoms with Crippen LogP contribution in [0, 0.1) is 6.92 Å². The number of halogens is 3. The zero-order valence-electron chi connectivity index (χ0n) is 17.9. The minimum Gasteiger partial charge on any atom is -0.496 e. The first kappa shape index (κ1) is 22.4. The van der Waals surface area contributed by atoms with Gasteiger partial charge in [-0.15, -0.1) is 0 Å². The summed E-state index contributed by atoms with van der Waals surface area (Å²) in [6.45, 7) is 1.89. The van der Waals surface area contributed by atoms with E-state index in [0.29, 0.717) is 22.7 Å². The zero-order chi connectivity index (χ0) is 23.6. The molecule has 0 radical (unpaired) electrons. The number of benzene rings is 2. The van der Waals surface area contributed by atoms with Crippen LogP contribution in [-0.2, 0) is 22.4 Å². The summed E-state index contributed by atoms with van der Waals surface area (Å²) >= 11 is 0. The van der Waals surface area contributed by atoms with Crippen LogP contribution in [-0.4, -0.2) is 34.6 Å². The number of para-hydroxylation sites is 1. The highest BCUT2D eigenvalue weighted by Crippen LogP contribution is 2.30. The highest BCUT2D eigenvalue weighted by Gasteiger charge is 2.31. The van der Waals surface area contributed by atoms with E-state index in [0.717, 1.165) is 17.7 Å². The summed E-state index contributed by atoms with van der Waals surface area (Å²) in [5.74, 6) is 0.482. The first-order valence-electron chi connectivity index (χ1n) is 10.1. The maximum absolute atomic E-state index is 13.0. The number of methoxy groups -OCH3 is 1. The van der Waals surface area contributed by atoms with Crippen LogP contribution in [0.25, 0.3) is 0 Å². The van der Waals surface area contributed by atoms with Crippen molar-refractivity contribution in [3.05, 3.63) is 77.0 Å². The first-order valence-corrected chi connectivity index (χ1v) is 10.1. The van der Waals surface area contributed by atoms with E-state index >= 15 is 0 Å². The lowest BCUT2D eigenvalue weighted by Crippen LogP contribution is -2.28. The zero-order valence-corrected chi connectivity index (χ0v) is 17.9. The molecule has 1 N–H and O–H groups in total. The molecular weight excluding hydrogens is 437 g/mol. The van der Waals surface area contributed by atoms with E-state index in [9.17, 15) is 18.0 Å². The second kappa shape index (κ2) is 8.97. The molecule has 33 heavy (non-hydrogen) atoms. The van der Waals surface area contributed by atoms with Gasteiger partial charge in [0.2, 0.25) is 6.10 Å². The summed E-state index contributed by atoms with van der Waals surface area (Å²) in [5, 5.41) is 11.0. The number of ether oxygens (including phenoxy) is 1. The number of anilines is 1. The normalized spacial score (nSPS) is 15.7. The van der Waals surface area contributed by atoms with E-state index in [2.05, 4.69) is 15.6 Å². The Labute approximate surface area is 187 Å². The van der Waals surface area contributed by atoms with Crippen LogP contribution >= 0.6 is 0 Å². The molecule has 172 valence electrons. The van der Waals surface area contributed by atoms with E-state index in [1.807, 2.05) is 18.2 Å². The van der Waals surface area contributed by atoms with Gasteiger partial charge in [-0.2, -0.15) is 18.3 Å². The third-order valence-electron chi connectivity index (χ3n) is 5.20. The molecule has 1 aromatic heterocycles. The Kier molecular flexibility index (Phi) is 6.08. The molecule has 0 saturated carbocycles. The lowest BCUT2D eigenvalue weighted by atomic mass is 10.0. The van der Waals surface area contributed by atoms with Gasteiger partial charge in [-0.25, -0.2) is 0 Å². The van der Waals surface area contributed by atoms with Gasteiger partial charge in [0.05, 0.1) is 24.9 Å². The number of oxime groups is 1. The van der Waals surface area contributed by atoms with Crippen molar-refractivity contribution in [2.75, 3.05) is 12.4 Å². The molecule has 3 aromatic rings. The van der Waals surface area contributed by atoms with Gasteiger partial charge in [0.1, 0.15) is 5.75 Å². The van der Waals surface area contributed by atoms with Crippen molar-refractivity contribution in [3.63, 3.8) is 0 Å². The summed E-state index contributed by atoms with van der Waals surface area (Å²) < 4.78 is 45.7. The molecule has 1 aliphatic rings. The van der Waals surface area contributed by atoms with Crippen molar-refractivity contribution in [1.82, 2.24) is 9.78 Å². The van der Waals surface area contributed by atoms with Crippen LogP contribution in [0.15, 0.2) is 59.8 Å². The third-order valence-corrected chi connectivity index (χ3v) is 5.20. The van der Waals surface area contributed by atoms with Crippen LogP contribution in [0.1, 0.15) is 28.8 Å². The standard InChI is InChI=1S/C23H21F3N4O3/c1-14-10-21(28-30(14)13-15-6-5-7-16(11-15)23(24,25)26)27-22(31)20-12-18(29-33-20)17-8-3-4-9-19(17)32-2/h3-11,20H,12-13H2,1-2H3,(H,27,28,31)/t20-/m1/s1. The van der Waals surface area contributed by atoms with Crippen LogP contribution in [0.5, 0.6) is 5.75 Å². The monoisotopic (exact) mass is 458 g/mol. The molecule has 1 atom stereocenters. The average Bonchev–Trinajstić information content (AvgIpc) is 3.40. The van der Waals surface area contributed by atoms with E-state index in [1.165, 1.54) is 10.7 Å². The van der Waals surface area contributed by atoms with Gasteiger partial charge in [0.15, 0.2) is 5.82 Å². The molecule has 7 nitrogen and oxygen atoms in total. The fourth-order valence-corrected chi connectivity index (χ4v) is 3.52. The molecule has 0 fully saturated rings. The lowest BCUT2D eigenvalue weighted by Gasteiger charge is -2.10. The van der Waals surface area contributed by atoms with Crippen molar-refractivity contribution < 1.29 is 27.5 Å². The predicted octanol–water partition coefficient (Wildman–Crippen LogP) is 4.40. The maximum atomic E-state index is 13.0. The minimum absolute atomic E-state index is 0.132. The lowest BCUT2D eigenvalue weighted by molar-refractivity contribution is -0.137. The number of amides is 1. The Bertz CT molecular complexity index is 1200. The summed E-state index contributed by atoms with van der Waals surface area (Å²) in [7, 11) is 1.55. The van der Waals surface area contributed by atoms with Gasteiger partial charge in [0, 0.05) is 23.7 Å². The largest absolute Gasteiger partial charge is 0.496 e. The van der Waals surface area contributed by atoms with Gasteiger partial charge in [-0.3, -0.25) is 9.48 Å². The molecule has 0 unspecified atom stereocenters. The van der Waals surface area contributed by atoms with Crippen molar-refractivity contribution in [2.24, 2.45) is 5.16 Å². The second-order valence-electron chi connectivity index (χ2n) is 7.55. The molecule has 0 bridgehead atoms. The Morgan fingerprint density at radius 3 is 2.76 bits per heavy atom. The van der Waals surface area contributed by atoms with Crippen LogP contribution in [0.2, 0.25) is 0 Å². The number of rotatable bonds is 6. The molecule has 2 aromatic carbocycles. The summed E-state index contributed by atoms with van der Waals surface area (Å²) in [6.07, 6.45) is -4.99. The molecule has 4 rings (SSSR count). The van der Waals surface area contributed by atoms with Crippen molar-refractivity contribution in [3.8, 4) is 5.75 Å². The molecule has 1 amide bonds. The minimum atomic E-state index is -4.42. The second-order valence-corrected chi connectivity index (χ2v) is 7.55. The SMILES string of the molecule is COc1ccccc1C1=NO[C@@H](C(=O)Nc2cc(C)n(Cc3cccc(C(F)(F)F)c3)n2)C1. The number of nitrogens with zero attached hydrogens (tertiary/aromatic N) is 3. The summed E-state index contributed by atoms with van der Waals surface area (Å²) in [6, 6.07) is 14.0. The first-order chi connectivity index (χ1) is 15.7. The fourth-order valence-electron chi connectivity index (χ4n) is 3.52. The van der Waals surface area contributed by atoms with Gasteiger partial charge in [0.25, 0.3) is 5.91 Å². The Morgan fingerprint density at radius 1 is 1.21 bits per heavy atom. The van der Waals surface area contributed by atoms with Gasteiger partial charge >= 0.3 is 6.18 Å². The van der Waals surface area contributed by atoms with Crippen molar-refractivity contribution >= 4 is 17.4 Å². The summed E-state index contributed by atoms with van der Waals surface area (Å²) in [5.41, 5.74) is 1.75. The van der Waals surface area contributed by atoms with Crippen LogP contribution in [0.3, 0.4) is 0 Å². The summed E-state index contributed by atoms with van der Waals surface area (Å²) in [4.78, 5) is 18.0. The van der Waals surface area contributed by atoms with E-state index in [1.54, 1.807) is 32.2 Å². The van der Waals surface area contributed by atoms with Gasteiger partial charge < -0.3 is 14.9 Å². The number of hydrogen-bond donors (Lipinski definition) is 1. The molecule has 1 aliphatic heterocycles. The molecule has 10 heteroatoms. The topological polar surface area (TPSA) is 77.7 Å². The number of hydrogen-bond acceptors (Lipinski definition) is 5. The number of aromatic nitrogens is 2. The van der Waals surface area contributed by atoms with Gasteiger partial charge in [-0.1, -0.05) is 29.4 Å².